The highest BCUT2D eigenvalue weighted by Gasteiger charge is 2.47. The number of hydrogen-bond donors (Lipinski definition) is 1. The van der Waals surface area contributed by atoms with Gasteiger partial charge in [-0.3, -0.25) is 9.59 Å². The van der Waals surface area contributed by atoms with Gasteiger partial charge in [0, 0.05) is 17.8 Å². The minimum absolute atomic E-state index is 0.0793. The molecule has 1 saturated carbocycles. The van der Waals surface area contributed by atoms with E-state index in [2.05, 4.69) is 4.98 Å². The molecule has 2 fully saturated rings. The summed E-state index contributed by atoms with van der Waals surface area (Å²) < 4.78 is 0. The van der Waals surface area contributed by atoms with Crippen molar-refractivity contribution < 1.29 is 14.7 Å². The molecule has 19 heavy (non-hydrogen) atoms. The number of aliphatic carboxylic acids is 1. The van der Waals surface area contributed by atoms with E-state index in [1.807, 2.05) is 12.3 Å². The van der Waals surface area contributed by atoms with Gasteiger partial charge in [0.2, 0.25) is 5.91 Å². The standard InChI is InChI=1S/C13H16N2O3S/c1-7-14-10(6-19-7)12-9(13(17)18)4-5-11(16)15(12)8-2-3-8/h6,8-9,12H,2-5H2,1H3,(H,17,18). The van der Waals surface area contributed by atoms with Crippen LogP contribution in [0.5, 0.6) is 0 Å². The molecule has 5 nitrogen and oxygen atoms in total. The Kier molecular flexibility index (Phi) is 3.05. The minimum atomic E-state index is -0.825. The van der Waals surface area contributed by atoms with E-state index in [9.17, 15) is 14.7 Å². The number of thiazole rings is 1. The molecule has 1 aromatic rings. The predicted molar refractivity (Wildman–Crippen MR) is 69.8 cm³/mol. The van der Waals surface area contributed by atoms with Crippen LogP contribution >= 0.6 is 11.3 Å². The first-order valence-corrected chi connectivity index (χ1v) is 7.42. The van der Waals surface area contributed by atoms with Crippen LogP contribution in [-0.4, -0.2) is 32.9 Å². The van der Waals surface area contributed by atoms with Crippen LogP contribution in [0.3, 0.4) is 0 Å². The predicted octanol–water partition coefficient (Wildman–Crippen LogP) is 1.98. The van der Waals surface area contributed by atoms with Crippen LogP contribution in [0.25, 0.3) is 0 Å². The molecule has 3 rings (SSSR count). The number of amides is 1. The van der Waals surface area contributed by atoms with Crippen molar-refractivity contribution in [2.45, 2.75) is 44.7 Å². The van der Waals surface area contributed by atoms with Crippen LogP contribution < -0.4 is 0 Å². The van der Waals surface area contributed by atoms with Crippen LogP contribution in [0, 0.1) is 12.8 Å². The molecule has 6 heteroatoms. The smallest absolute Gasteiger partial charge is 0.309 e. The molecule has 1 N–H and O–H groups in total. The number of aromatic nitrogens is 1. The maximum absolute atomic E-state index is 12.1. The second-order valence-corrected chi connectivity index (χ2v) is 6.31. The minimum Gasteiger partial charge on any atom is -0.481 e. The summed E-state index contributed by atoms with van der Waals surface area (Å²) >= 11 is 1.51. The molecule has 1 aliphatic carbocycles. The number of nitrogens with zero attached hydrogens (tertiary/aromatic N) is 2. The molecule has 2 aliphatic rings. The van der Waals surface area contributed by atoms with Gasteiger partial charge in [-0.05, 0) is 26.2 Å². The first-order chi connectivity index (χ1) is 9.08. The monoisotopic (exact) mass is 280 g/mol. The summed E-state index contributed by atoms with van der Waals surface area (Å²) in [5.74, 6) is -1.27. The topological polar surface area (TPSA) is 70.5 Å². The first kappa shape index (κ1) is 12.6. The van der Waals surface area contributed by atoms with E-state index < -0.39 is 11.9 Å². The van der Waals surface area contributed by atoms with Gasteiger partial charge in [-0.2, -0.15) is 0 Å². The van der Waals surface area contributed by atoms with Crippen molar-refractivity contribution in [1.29, 1.82) is 0 Å². The lowest BCUT2D eigenvalue weighted by Gasteiger charge is -2.38. The lowest BCUT2D eigenvalue weighted by atomic mass is 9.87. The average molecular weight is 280 g/mol. The number of carbonyl (C=O) groups is 2. The highest BCUT2D eigenvalue weighted by Crippen LogP contribution is 2.43. The third-order valence-electron chi connectivity index (χ3n) is 3.84. The molecule has 102 valence electrons. The maximum Gasteiger partial charge on any atom is 0.309 e. The summed E-state index contributed by atoms with van der Waals surface area (Å²) in [7, 11) is 0. The van der Waals surface area contributed by atoms with Gasteiger partial charge in [-0.15, -0.1) is 11.3 Å². The van der Waals surface area contributed by atoms with Gasteiger partial charge < -0.3 is 10.0 Å². The number of likely N-dealkylation sites (tertiary alicyclic amines) is 1. The van der Waals surface area contributed by atoms with Crippen LogP contribution in [0.1, 0.15) is 42.4 Å². The SMILES string of the molecule is Cc1nc(C2C(C(=O)O)CCC(=O)N2C2CC2)cs1. The van der Waals surface area contributed by atoms with Crippen LogP contribution in [0.15, 0.2) is 5.38 Å². The van der Waals surface area contributed by atoms with Gasteiger partial charge in [0.25, 0.3) is 0 Å². The van der Waals surface area contributed by atoms with Crippen molar-refractivity contribution in [1.82, 2.24) is 9.88 Å². The summed E-state index contributed by atoms with van der Waals surface area (Å²) in [6.45, 7) is 1.90. The Morgan fingerprint density at radius 3 is 2.74 bits per heavy atom. The summed E-state index contributed by atoms with van der Waals surface area (Å²) in [5.41, 5.74) is 0.745. The van der Waals surface area contributed by atoms with Crippen molar-refractivity contribution in [2.75, 3.05) is 0 Å². The van der Waals surface area contributed by atoms with E-state index in [0.29, 0.717) is 12.8 Å². The summed E-state index contributed by atoms with van der Waals surface area (Å²) in [5, 5.41) is 12.2. The Hall–Kier alpha value is -1.43. The Balaban J connectivity index is 1.99. The van der Waals surface area contributed by atoms with Crippen LogP contribution in [-0.2, 0) is 9.59 Å². The second kappa shape index (κ2) is 4.59. The third kappa shape index (κ3) is 2.25. The van der Waals surface area contributed by atoms with E-state index in [4.69, 9.17) is 0 Å². The lowest BCUT2D eigenvalue weighted by Crippen LogP contribution is -2.46. The van der Waals surface area contributed by atoms with E-state index in [0.717, 1.165) is 23.5 Å². The number of rotatable bonds is 3. The Morgan fingerprint density at radius 2 is 2.21 bits per heavy atom. The highest BCUT2D eigenvalue weighted by molar-refractivity contribution is 7.09. The van der Waals surface area contributed by atoms with Crippen molar-refractivity contribution in [3.05, 3.63) is 16.1 Å². The third-order valence-corrected chi connectivity index (χ3v) is 4.63. The molecule has 1 aromatic heterocycles. The molecule has 2 unspecified atom stereocenters. The van der Waals surface area contributed by atoms with Crippen LogP contribution in [0.2, 0.25) is 0 Å². The molecule has 2 atom stereocenters. The Bertz CT molecular complexity index is 524. The van der Waals surface area contributed by atoms with Gasteiger partial charge in [-0.25, -0.2) is 4.98 Å². The number of piperidine rings is 1. The van der Waals surface area contributed by atoms with E-state index in [1.54, 1.807) is 4.90 Å². The number of hydrogen-bond acceptors (Lipinski definition) is 4. The molecule has 1 saturated heterocycles. The summed E-state index contributed by atoms with van der Waals surface area (Å²) in [6.07, 6.45) is 2.72. The molecule has 2 heterocycles. The zero-order chi connectivity index (χ0) is 13.6. The summed E-state index contributed by atoms with van der Waals surface area (Å²) in [4.78, 5) is 29.8. The largest absolute Gasteiger partial charge is 0.481 e. The molecule has 0 aromatic carbocycles. The molecule has 1 aliphatic heterocycles. The molecule has 0 spiro atoms. The molecular formula is C13H16N2O3S. The average Bonchev–Trinajstić information content (AvgIpc) is 3.10. The van der Waals surface area contributed by atoms with Crippen LogP contribution in [0.4, 0.5) is 0 Å². The number of carbonyl (C=O) groups excluding carboxylic acids is 1. The maximum atomic E-state index is 12.1. The Morgan fingerprint density at radius 1 is 1.47 bits per heavy atom. The molecule has 1 amide bonds. The first-order valence-electron chi connectivity index (χ1n) is 6.54. The van der Waals surface area contributed by atoms with Gasteiger partial charge in [0.05, 0.1) is 22.7 Å². The van der Waals surface area contributed by atoms with Gasteiger partial charge in [0.15, 0.2) is 0 Å². The van der Waals surface area contributed by atoms with E-state index in [-0.39, 0.29) is 18.0 Å². The lowest BCUT2D eigenvalue weighted by molar-refractivity contribution is -0.152. The fourth-order valence-electron chi connectivity index (χ4n) is 2.82. The van der Waals surface area contributed by atoms with Gasteiger partial charge >= 0.3 is 5.97 Å². The summed E-state index contributed by atoms with van der Waals surface area (Å²) in [6, 6.07) is -0.155. The molecular weight excluding hydrogens is 264 g/mol. The highest BCUT2D eigenvalue weighted by atomic mass is 32.1. The van der Waals surface area contributed by atoms with Crippen molar-refractivity contribution in [3.63, 3.8) is 0 Å². The number of aryl methyl sites for hydroxylation is 1. The normalized spacial score (nSPS) is 27.6. The van der Waals surface area contributed by atoms with Gasteiger partial charge in [-0.1, -0.05) is 0 Å². The zero-order valence-corrected chi connectivity index (χ0v) is 11.5. The van der Waals surface area contributed by atoms with Crippen molar-refractivity contribution in [2.24, 2.45) is 5.92 Å². The van der Waals surface area contributed by atoms with E-state index in [1.165, 1.54) is 11.3 Å². The van der Waals surface area contributed by atoms with Crippen molar-refractivity contribution >= 4 is 23.2 Å². The Labute approximate surface area is 115 Å². The zero-order valence-electron chi connectivity index (χ0n) is 10.7. The molecule has 0 radical (unpaired) electrons. The number of carboxylic acid groups (broad SMARTS) is 1. The van der Waals surface area contributed by atoms with Crippen molar-refractivity contribution in [3.8, 4) is 0 Å². The number of carboxylic acids is 1. The van der Waals surface area contributed by atoms with Gasteiger partial charge in [0.1, 0.15) is 0 Å². The molecule has 0 bridgehead atoms. The second-order valence-electron chi connectivity index (χ2n) is 5.25. The van der Waals surface area contributed by atoms with E-state index >= 15 is 0 Å². The fourth-order valence-corrected chi connectivity index (χ4v) is 3.46. The fraction of sp³-hybridized carbons (Fsp3) is 0.615. The quantitative estimate of drug-likeness (QED) is 0.919.